The van der Waals surface area contributed by atoms with Crippen molar-refractivity contribution < 1.29 is 8.98 Å². The predicted octanol–water partition coefficient (Wildman–Crippen LogP) is 5.18. The first-order chi connectivity index (χ1) is 12.4. The maximum absolute atomic E-state index is 9.57. The average molecular weight is 341 g/mol. The lowest BCUT2D eigenvalue weighted by atomic mass is 9.98. The Kier molecular flexibility index (Phi) is 3.59. The normalized spacial score (nSPS) is 11.2. The van der Waals surface area contributed by atoms with Crippen molar-refractivity contribution in [3.8, 4) is 17.3 Å². The molecule has 3 heteroatoms. The molecule has 3 nitrogen and oxygen atoms in total. The number of benzene rings is 2. The lowest BCUT2D eigenvalue weighted by molar-refractivity contribution is -0.666. The van der Waals surface area contributed by atoms with E-state index in [0.29, 0.717) is 5.56 Å². The van der Waals surface area contributed by atoms with Gasteiger partial charge in [-0.2, -0.15) is 9.83 Å². The summed E-state index contributed by atoms with van der Waals surface area (Å²) in [6, 6.07) is 14.7. The first-order valence-electron chi connectivity index (χ1n) is 8.75. The van der Waals surface area contributed by atoms with E-state index in [2.05, 4.69) is 62.7 Å². The van der Waals surface area contributed by atoms with Crippen molar-refractivity contribution in [2.24, 2.45) is 7.05 Å². The molecule has 0 spiro atoms. The van der Waals surface area contributed by atoms with E-state index in [-0.39, 0.29) is 0 Å². The van der Waals surface area contributed by atoms with Crippen molar-refractivity contribution in [1.29, 1.82) is 5.26 Å². The molecule has 0 aliphatic rings. The summed E-state index contributed by atoms with van der Waals surface area (Å²) in [6.07, 6.45) is 0. The third-order valence-electron chi connectivity index (χ3n) is 5.26. The van der Waals surface area contributed by atoms with Gasteiger partial charge in [-0.15, -0.1) is 0 Å². The smallest absolute Gasteiger partial charge is 0.216 e. The zero-order valence-corrected chi connectivity index (χ0v) is 15.8. The quantitative estimate of drug-likeness (QED) is 0.447. The van der Waals surface area contributed by atoms with Crippen molar-refractivity contribution in [2.75, 3.05) is 0 Å². The van der Waals surface area contributed by atoms with Gasteiger partial charge in [-0.3, -0.25) is 0 Å². The zero-order valence-electron chi connectivity index (χ0n) is 15.8. The highest BCUT2D eigenvalue weighted by Crippen LogP contribution is 2.39. The van der Waals surface area contributed by atoms with Crippen LogP contribution in [0.4, 0.5) is 0 Å². The van der Waals surface area contributed by atoms with Gasteiger partial charge >= 0.3 is 0 Å². The summed E-state index contributed by atoms with van der Waals surface area (Å²) in [4.78, 5) is 0. The molecule has 26 heavy (non-hydrogen) atoms. The monoisotopic (exact) mass is 341 g/mol. The molecule has 0 fully saturated rings. The maximum atomic E-state index is 9.57. The second-order valence-electron chi connectivity index (χ2n) is 7.10. The van der Waals surface area contributed by atoms with E-state index in [0.717, 1.165) is 44.3 Å². The Hall–Kier alpha value is -3.12. The van der Waals surface area contributed by atoms with E-state index in [1.54, 1.807) is 0 Å². The molecule has 0 radical (unpaired) electrons. The van der Waals surface area contributed by atoms with Crippen molar-refractivity contribution >= 4 is 21.9 Å². The van der Waals surface area contributed by atoms with Crippen LogP contribution in [0.1, 0.15) is 27.9 Å². The Morgan fingerprint density at radius 3 is 2.38 bits per heavy atom. The number of hydrogen-bond donors (Lipinski definition) is 0. The molecule has 0 saturated carbocycles. The van der Waals surface area contributed by atoms with E-state index in [9.17, 15) is 5.26 Å². The summed E-state index contributed by atoms with van der Waals surface area (Å²) >= 11 is 0. The molecule has 0 aliphatic heterocycles. The molecule has 0 bridgehead atoms. The van der Waals surface area contributed by atoms with Gasteiger partial charge in [0.25, 0.3) is 0 Å². The Labute approximate surface area is 153 Å². The number of aryl methyl sites for hydroxylation is 4. The standard InChI is InChI=1S/C23H21N2O/c1-13-10-16(4)25(5)19(11-13)20-14(2)7-9-18-21-17(12-24)8-6-15(3)22(21)26-23(18)20/h6-11H,1-5H3/q+1. The van der Waals surface area contributed by atoms with E-state index >= 15 is 0 Å². The molecule has 2 aromatic carbocycles. The molecule has 2 aromatic heterocycles. The number of hydrogen-bond acceptors (Lipinski definition) is 2. The molecule has 0 saturated heterocycles. The fourth-order valence-electron chi connectivity index (χ4n) is 3.79. The number of nitriles is 1. The number of furan rings is 1. The number of rotatable bonds is 1. The topological polar surface area (TPSA) is 40.8 Å². The summed E-state index contributed by atoms with van der Waals surface area (Å²) in [7, 11) is 2.08. The first-order valence-corrected chi connectivity index (χ1v) is 8.75. The van der Waals surface area contributed by atoms with Gasteiger partial charge in [-0.05, 0) is 43.5 Å². The van der Waals surface area contributed by atoms with Gasteiger partial charge in [0, 0.05) is 29.8 Å². The van der Waals surface area contributed by atoms with Gasteiger partial charge in [0.05, 0.1) is 17.2 Å². The SMILES string of the molecule is Cc1cc(C)[n+](C)c(-c2c(C)ccc3c2oc2c(C)ccc(C#N)c23)c1. The van der Waals surface area contributed by atoms with Crippen LogP contribution in [0.25, 0.3) is 33.2 Å². The van der Waals surface area contributed by atoms with Crippen LogP contribution in [0.5, 0.6) is 0 Å². The average Bonchev–Trinajstić information content (AvgIpc) is 2.99. The van der Waals surface area contributed by atoms with Crippen LogP contribution in [-0.2, 0) is 7.05 Å². The predicted molar refractivity (Wildman–Crippen MR) is 104 cm³/mol. The highest BCUT2D eigenvalue weighted by molar-refractivity contribution is 6.12. The highest BCUT2D eigenvalue weighted by atomic mass is 16.3. The third kappa shape index (κ3) is 2.23. The molecule has 0 atom stereocenters. The Bertz CT molecular complexity index is 1240. The lowest BCUT2D eigenvalue weighted by Gasteiger charge is -2.08. The molecule has 0 unspecified atom stereocenters. The summed E-state index contributed by atoms with van der Waals surface area (Å²) in [6.45, 7) is 8.36. The number of aromatic nitrogens is 1. The van der Waals surface area contributed by atoms with Gasteiger partial charge in [0.15, 0.2) is 5.69 Å². The van der Waals surface area contributed by atoms with Gasteiger partial charge in [0.2, 0.25) is 5.69 Å². The second kappa shape index (κ2) is 5.71. The number of pyridine rings is 1. The molecular formula is C23H21N2O+. The number of nitrogens with zero attached hydrogens (tertiary/aromatic N) is 2. The minimum atomic E-state index is 0.656. The van der Waals surface area contributed by atoms with Gasteiger partial charge in [-0.1, -0.05) is 18.2 Å². The Morgan fingerprint density at radius 2 is 1.65 bits per heavy atom. The van der Waals surface area contributed by atoms with Crippen molar-refractivity contribution in [2.45, 2.75) is 27.7 Å². The molecular weight excluding hydrogens is 320 g/mol. The van der Waals surface area contributed by atoms with E-state index in [1.807, 2.05) is 19.1 Å². The number of fused-ring (bicyclic) bond motifs is 3. The highest BCUT2D eigenvalue weighted by Gasteiger charge is 2.23. The van der Waals surface area contributed by atoms with Crippen LogP contribution in [0.3, 0.4) is 0 Å². The molecule has 0 aliphatic carbocycles. The summed E-state index contributed by atoms with van der Waals surface area (Å²) < 4.78 is 8.56. The van der Waals surface area contributed by atoms with Crippen LogP contribution in [0, 0.1) is 39.0 Å². The summed E-state index contributed by atoms with van der Waals surface area (Å²) in [5.41, 5.74) is 9.15. The van der Waals surface area contributed by atoms with Crippen LogP contribution in [0.15, 0.2) is 40.8 Å². The molecule has 0 N–H and O–H groups in total. The van der Waals surface area contributed by atoms with Gasteiger partial charge in [-0.25, -0.2) is 0 Å². The third-order valence-corrected chi connectivity index (χ3v) is 5.26. The van der Waals surface area contributed by atoms with E-state index in [4.69, 9.17) is 4.42 Å². The maximum Gasteiger partial charge on any atom is 0.216 e. The molecule has 128 valence electrons. The lowest BCUT2D eigenvalue weighted by Crippen LogP contribution is -2.35. The molecule has 0 amide bonds. The van der Waals surface area contributed by atoms with Gasteiger partial charge < -0.3 is 4.42 Å². The largest absolute Gasteiger partial charge is 0.455 e. The molecule has 2 heterocycles. The minimum Gasteiger partial charge on any atom is -0.455 e. The van der Waals surface area contributed by atoms with Crippen LogP contribution in [-0.4, -0.2) is 0 Å². The van der Waals surface area contributed by atoms with Crippen molar-refractivity contribution in [3.63, 3.8) is 0 Å². The fraction of sp³-hybridized carbons (Fsp3) is 0.217. The fourth-order valence-corrected chi connectivity index (χ4v) is 3.79. The van der Waals surface area contributed by atoms with Crippen LogP contribution < -0.4 is 4.57 Å². The summed E-state index contributed by atoms with van der Waals surface area (Å²) in [5.74, 6) is 0. The van der Waals surface area contributed by atoms with Gasteiger partial charge in [0.1, 0.15) is 18.2 Å². The summed E-state index contributed by atoms with van der Waals surface area (Å²) in [5, 5.41) is 11.5. The van der Waals surface area contributed by atoms with Crippen molar-refractivity contribution in [3.05, 3.63) is 64.3 Å². The zero-order chi connectivity index (χ0) is 18.6. The van der Waals surface area contributed by atoms with Crippen LogP contribution in [0.2, 0.25) is 0 Å². The Morgan fingerprint density at radius 1 is 0.923 bits per heavy atom. The van der Waals surface area contributed by atoms with E-state index in [1.165, 1.54) is 11.3 Å². The van der Waals surface area contributed by atoms with Crippen LogP contribution >= 0.6 is 0 Å². The first kappa shape index (κ1) is 16.4. The molecule has 4 rings (SSSR count). The molecule has 4 aromatic rings. The second-order valence-corrected chi connectivity index (χ2v) is 7.10. The van der Waals surface area contributed by atoms with E-state index < -0.39 is 0 Å². The minimum absolute atomic E-state index is 0.656. The Balaban J connectivity index is 2.22. The van der Waals surface area contributed by atoms with Crippen molar-refractivity contribution in [1.82, 2.24) is 0 Å².